The molecule has 290 valence electrons. The molecular formula is C60H39NS. The third-order valence-electron chi connectivity index (χ3n) is 12.4. The van der Waals surface area contributed by atoms with Crippen molar-refractivity contribution in [3.8, 4) is 44.5 Å². The molecule has 0 aliphatic heterocycles. The van der Waals surface area contributed by atoms with Crippen LogP contribution in [0.1, 0.15) is 0 Å². The monoisotopic (exact) mass is 805 g/mol. The van der Waals surface area contributed by atoms with Gasteiger partial charge in [0.1, 0.15) is 0 Å². The van der Waals surface area contributed by atoms with Crippen molar-refractivity contribution in [1.82, 2.24) is 0 Å². The Morgan fingerprint density at radius 3 is 1.50 bits per heavy atom. The van der Waals surface area contributed by atoms with E-state index < -0.39 is 0 Å². The van der Waals surface area contributed by atoms with Crippen LogP contribution in [0.2, 0.25) is 0 Å². The predicted octanol–water partition coefficient (Wildman–Crippen LogP) is 17.7. The largest absolute Gasteiger partial charge is 0.309 e. The fourth-order valence-electron chi connectivity index (χ4n) is 9.53. The number of hydrogen-bond donors (Lipinski definition) is 0. The van der Waals surface area contributed by atoms with E-state index in [9.17, 15) is 0 Å². The van der Waals surface area contributed by atoms with Gasteiger partial charge < -0.3 is 4.90 Å². The van der Waals surface area contributed by atoms with E-state index in [0.717, 1.165) is 16.9 Å². The molecular weight excluding hydrogens is 767 g/mol. The second kappa shape index (κ2) is 15.0. The lowest BCUT2D eigenvalue weighted by molar-refractivity contribution is 1.30. The molecule has 0 bridgehead atoms. The summed E-state index contributed by atoms with van der Waals surface area (Å²) in [6.07, 6.45) is 0. The van der Waals surface area contributed by atoms with Crippen LogP contribution < -0.4 is 4.90 Å². The van der Waals surface area contributed by atoms with Gasteiger partial charge in [-0.05, 0) is 125 Å². The third kappa shape index (κ3) is 6.15. The van der Waals surface area contributed by atoms with Crippen molar-refractivity contribution in [1.29, 1.82) is 0 Å². The third-order valence-corrected chi connectivity index (χ3v) is 13.6. The van der Waals surface area contributed by atoms with E-state index in [1.165, 1.54) is 97.1 Å². The summed E-state index contributed by atoms with van der Waals surface area (Å²) in [5.41, 5.74) is 13.1. The van der Waals surface area contributed by atoms with Crippen molar-refractivity contribution < 1.29 is 0 Å². The summed E-state index contributed by atoms with van der Waals surface area (Å²) >= 11 is 1.87. The zero-order valence-corrected chi connectivity index (χ0v) is 34.7. The van der Waals surface area contributed by atoms with Gasteiger partial charge in [0.15, 0.2) is 0 Å². The van der Waals surface area contributed by atoms with Crippen LogP contribution in [0.3, 0.4) is 0 Å². The number of rotatable bonds is 7. The number of thiophene rings is 1. The quantitative estimate of drug-likeness (QED) is 0.145. The minimum absolute atomic E-state index is 1.11. The molecule has 0 amide bonds. The van der Waals surface area contributed by atoms with Gasteiger partial charge in [-0.1, -0.05) is 188 Å². The SMILES string of the molecule is c1ccc(-c2c(-c3ccccc3)c3cc(-c4cccc(N(c5cccc(-c6ccc7ccccc7c6)c5)c5cccc6c5sc5ccccc56)c4)ccc3c3ccccc23)cc1. The molecule has 2 heteroatoms. The number of hydrogen-bond acceptors (Lipinski definition) is 2. The Morgan fingerprint density at radius 1 is 0.274 bits per heavy atom. The van der Waals surface area contributed by atoms with Crippen LogP contribution in [0.25, 0.3) is 97.0 Å². The first-order valence-corrected chi connectivity index (χ1v) is 22.1. The Hall–Kier alpha value is -7.78. The predicted molar refractivity (Wildman–Crippen MR) is 268 cm³/mol. The highest BCUT2D eigenvalue weighted by Crippen LogP contribution is 2.48. The normalized spacial score (nSPS) is 11.5. The Morgan fingerprint density at radius 2 is 0.774 bits per heavy atom. The summed E-state index contributed by atoms with van der Waals surface area (Å²) in [6.45, 7) is 0. The summed E-state index contributed by atoms with van der Waals surface area (Å²) in [6, 6.07) is 86.8. The number of nitrogens with zero attached hydrogens (tertiary/aromatic N) is 1. The summed E-state index contributed by atoms with van der Waals surface area (Å²) in [5.74, 6) is 0. The minimum atomic E-state index is 1.11. The van der Waals surface area contributed by atoms with E-state index in [2.05, 4.69) is 241 Å². The summed E-state index contributed by atoms with van der Waals surface area (Å²) in [5, 5.41) is 10.1. The molecule has 0 radical (unpaired) electrons. The van der Waals surface area contributed by atoms with E-state index in [1.807, 2.05) is 11.3 Å². The highest BCUT2D eigenvalue weighted by atomic mass is 32.1. The lowest BCUT2D eigenvalue weighted by Crippen LogP contribution is -2.10. The Bertz CT molecular complexity index is 3640. The first-order valence-electron chi connectivity index (χ1n) is 21.2. The van der Waals surface area contributed by atoms with Crippen molar-refractivity contribution in [2.45, 2.75) is 0 Å². The number of fused-ring (bicyclic) bond motifs is 7. The number of anilines is 3. The van der Waals surface area contributed by atoms with Gasteiger partial charge >= 0.3 is 0 Å². The van der Waals surface area contributed by atoms with Gasteiger partial charge in [0.05, 0.1) is 10.4 Å². The second-order valence-corrected chi connectivity index (χ2v) is 17.1. The van der Waals surface area contributed by atoms with Gasteiger partial charge in [0, 0.05) is 26.8 Å². The van der Waals surface area contributed by atoms with E-state index in [-0.39, 0.29) is 0 Å². The zero-order valence-electron chi connectivity index (χ0n) is 33.9. The second-order valence-electron chi connectivity index (χ2n) is 16.0. The van der Waals surface area contributed by atoms with E-state index in [4.69, 9.17) is 0 Å². The molecule has 0 unspecified atom stereocenters. The summed E-state index contributed by atoms with van der Waals surface area (Å²) < 4.78 is 2.56. The van der Waals surface area contributed by atoms with Crippen molar-refractivity contribution in [2.75, 3.05) is 4.90 Å². The topological polar surface area (TPSA) is 3.24 Å². The molecule has 12 rings (SSSR count). The average molecular weight is 806 g/mol. The van der Waals surface area contributed by atoms with E-state index >= 15 is 0 Å². The first kappa shape index (κ1) is 36.1. The lowest BCUT2D eigenvalue weighted by Gasteiger charge is -2.27. The molecule has 1 nitrogen and oxygen atoms in total. The molecule has 0 atom stereocenters. The Kier molecular flexibility index (Phi) is 8.76. The van der Waals surface area contributed by atoms with E-state index in [0.29, 0.717) is 0 Å². The fraction of sp³-hybridized carbons (Fsp3) is 0. The van der Waals surface area contributed by atoms with Gasteiger partial charge in [-0.2, -0.15) is 0 Å². The van der Waals surface area contributed by atoms with Crippen molar-refractivity contribution in [2.24, 2.45) is 0 Å². The molecule has 0 aliphatic rings. The van der Waals surface area contributed by atoms with Crippen LogP contribution in [-0.4, -0.2) is 0 Å². The maximum absolute atomic E-state index is 2.46. The van der Waals surface area contributed by atoms with Gasteiger partial charge in [-0.25, -0.2) is 0 Å². The van der Waals surface area contributed by atoms with Crippen molar-refractivity contribution in [3.63, 3.8) is 0 Å². The van der Waals surface area contributed by atoms with Crippen molar-refractivity contribution in [3.05, 3.63) is 237 Å². The van der Waals surface area contributed by atoms with Gasteiger partial charge in [-0.3, -0.25) is 0 Å². The molecule has 0 N–H and O–H groups in total. The maximum Gasteiger partial charge on any atom is 0.0640 e. The molecule has 0 fully saturated rings. The molecule has 62 heavy (non-hydrogen) atoms. The Balaban J connectivity index is 1.07. The summed E-state index contributed by atoms with van der Waals surface area (Å²) in [4.78, 5) is 2.46. The van der Waals surface area contributed by atoms with Gasteiger partial charge in [0.2, 0.25) is 0 Å². The first-order chi connectivity index (χ1) is 30.7. The number of benzene rings is 11. The molecule has 0 saturated heterocycles. The molecule has 0 spiro atoms. The molecule has 12 aromatic rings. The van der Waals surface area contributed by atoms with Crippen LogP contribution in [0.4, 0.5) is 17.1 Å². The Labute approximate surface area is 365 Å². The molecule has 11 aromatic carbocycles. The average Bonchev–Trinajstić information content (AvgIpc) is 3.74. The minimum Gasteiger partial charge on any atom is -0.309 e. The van der Waals surface area contributed by atoms with Crippen LogP contribution in [-0.2, 0) is 0 Å². The highest BCUT2D eigenvalue weighted by Gasteiger charge is 2.21. The zero-order chi connectivity index (χ0) is 41.0. The van der Waals surface area contributed by atoms with Gasteiger partial charge in [0.25, 0.3) is 0 Å². The lowest BCUT2D eigenvalue weighted by atomic mass is 9.84. The van der Waals surface area contributed by atoms with E-state index in [1.54, 1.807) is 0 Å². The summed E-state index contributed by atoms with van der Waals surface area (Å²) in [7, 11) is 0. The fourth-order valence-corrected chi connectivity index (χ4v) is 10.7. The highest BCUT2D eigenvalue weighted by molar-refractivity contribution is 7.26. The van der Waals surface area contributed by atoms with Crippen molar-refractivity contribution >= 4 is 80.9 Å². The van der Waals surface area contributed by atoms with Crippen LogP contribution in [0, 0.1) is 0 Å². The maximum atomic E-state index is 2.46. The molecule has 0 aliphatic carbocycles. The molecule has 1 aromatic heterocycles. The smallest absolute Gasteiger partial charge is 0.0640 e. The standard InChI is InChI=1S/C60H39NS/c1-3-17-41(18-4-1)58-53-28-10-9-26-50(53)51-35-34-47(39-55(51)59(58)42-19-5-2-6-20-42)45-23-14-25-49(38-45)61(56-30-15-29-54-52-27-11-12-31-57(52)62-60(54)56)48-24-13-22-44(37-48)46-33-32-40-16-7-8-21-43(40)36-46/h1-39H. The van der Waals surface area contributed by atoms with Gasteiger partial charge in [-0.15, -0.1) is 11.3 Å². The molecule has 1 heterocycles. The van der Waals surface area contributed by atoms with Crippen LogP contribution in [0.15, 0.2) is 237 Å². The van der Waals surface area contributed by atoms with Crippen LogP contribution in [0.5, 0.6) is 0 Å². The van der Waals surface area contributed by atoms with Crippen LogP contribution >= 0.6 is 11.3 Å². The molecule has 0 saturated carbocycles.